The molecule has 0 spiro atoms. The molecular weight excluding hydrogens is 377 g/mol. The van der Waals surface area contributed by atoms with Gasteiger partial charge in [0.2, 0.25) is 0 Å². The van der Waals surface area contributed by atoms with E-state index in [4.69, 9.17) is 0 Å². The summed E-state index contributed by atoms with van der Waals surface area (Å²) in [4.78, 5) is 17.0. The Balaban J connectivity index is 1.61. The zero-order valence-corrected chi connectivity index (χ0v) is 17.3. The first kappa shape index (κ1) is 20.0. The fourth-order valence-corrected chi connectivity index (χ4v) is 4.02. The first-order chi connectivity index (χ1) is 14.5. The van der Waals surface area contributed by atoms with Gasteiger partial charge in [-0.1, -0.05) is 42.5 Å². The predicted octanol–water partition coefficient (Wildman–Crippen LogP) is 4.43. The van der Waals surface area contributed by atoms with Gasteiger partial charge in [0, 0.05) is 38.6 Å². The zero-order valence-electron chi connectivity index (χ0n) is 17.3. The van der Waals surface area contributed by atoms with Crippen LogP contribution in [0.1, 0.15) is 27.5 Å². The zero-order chi connectivity index (χ0) is 21.1. The Hall–Kier alpha value is -3.34. The van der Waals surface area contributed by atoms with Crippen molar-refractivity contribution in [2.24, 2.45) is 0 Å². The van der Waals surface area contributed by atoms with Gasteiger partial charge in [-0.05, 0) is 47.9 Å². The maximum Gasteiger partial charge on any atom is 0.254 e. The van der Waals surface area contributed by atoms with Gasteiger partial charge >= 0.3 is 0 Å². The molecule has 3 aromatic rings. The highest BCUT2D eigenvalue weighted by molar-refractivity contribution is 5.94. The average Bonchev–Trinajstić information content (AvgIpc) is 3.18. The van der Waals surface area contributed by atoms with E-state index >= 15 is 0 Å². The molecule has 1 unspecified atom stereocenters. The van der Waals surface area contributed by atoms with Gasteiger partial charge in [-0.25, -0.2) is 4.39 Å². The molecule has 5 heteroatoms. The summed E-state index contributed by atoms with van der Waals surface area (Å²) in [5.74, 6) is -0.899. The van der Waals surface area contributed by atoms with Crippen molar-refractivity contribution in [3.8, 4) is 0 Å². The minimum absolute atomic E-state index is 0.0411. The Kier molecular flexibility index (Phi) is 5.70. The molecule has 1 aliphatic rings. The van der Waals surface area contributed by atoms with E-state index in [0.29, 0.717) is 6.54 Å². The van der Waals surface area contributed by atoms with E-state index in [9.17, 15) is 9.18 Å². The molecular formula is C25H26FN3O. The van der Waals surface area contributed by atoms with Crippen molar-refractivity contribution in [3.05, 3.63) is 95.3 Å². The van der Waals surface area contributed by atoms with Crippen LogP contribution in [-0.2, 0) is 6.42 Å². The number of fused-ring (bicyclic) bond motifs is 1. The molecule has 1 aliphatic heterocycles. The lowest BCUT2D eigenvalue weighted by atomic mass is 10.0. The highest BCUT2D eigenvalue weighted by Gasteiger charge is 2.27. The van der Waals surface area contributed by atoms with Crippen molar-refractivity contribution >= 4 is 17.3 Å². The van der Waals surface area contributed by atoms with Crippen molar-refractivity contribution in [1.29, 1.82) is 0 Å². The number of anilines is 2. The summed E-state index contributed by atoms with van der Waals surface area (Å²) in [5.41, 5.74) is 4.81. The number of carbonyl (C=O) groups excluding carboxylic acids is 1. The van der Waals surface area contributed by atoms with Crippen molar-refractivity contribution in [2.45, 2.75) is 12.5 Å². The molecule has 0 aromatic heterocycles. The summed E-state index contributed by atoms with van der Waals surface area (Å²) in [6.45, 7) is 1.28. The van der Waals surface area contributed by atoms with Crippen LogP contribution >= 0.6 is 0 Å². The summed E-state index contributed by atoms with van der Waals surface area (Å²) in [5, 5.41) is 2.95. The molecule has 1 amide bonds. The largest absolute Gasteiger partial charge is 0.378 e. The summed E-state index contributed by atoms with van der Waals surface area (Å²) in [7, 11) is 4.02. The van der Waals surface area contributed by atoms with Gasteiger partial charge in [0.1, 0.15) is 5.82 Å². The molecule has 30 heavy (non-hydrogen) atoms. The van der Waals surface area contributed by atoms with Crippen LogP contribution in [-0.4, -0.2) is 33.1 Å². The van der Waals surface area contributed by atoms with Gasteiger partial charge < -0.3 is 15.1 Å². The monoisotopic (exact) mass is 403 g/mol. The van der Waals surface area contributed by atoms with Crippen molar-refractivity contribution in [3.63, 3.8) is 0 Å². The molecule has 0 fully saturated rings. The average molecular weight is 404 g/mol. The van der Waals surface area contributed by atoms with Crippen LogP contribution in [0.25, 0.3) is 0 Å². The summed E-state index contributed by atoms with van der Waals surface area (Å²) in [6.07, 6.45) is 0.976. The van der Waals surface area contributed by atoms with E-state index < -0.39 is 11.7 Å². The van der Waals surface area contributed by atoms with E-state index in [2.05, 4.69) is 57.6 Å². The van der Waals surface area contributed by atoms with Crippen LogP contribution in [0, 0.1) is 5.82 Å². The van der Waals surface area contributed by atoms with Crippen LogP contribution in [0.5, 0.6) is 0 Å². The number of amides is 1. The second kappa shape index (κ2) is 8.57. The molecule has 4 rings (SSSR count). The van der Waals surface area contributed by atoms with Crippen LogP contribution in [0.4, 0.5) is 15.8 Å². The van der Waals surface area contributed by atoms with Crippen LogP contribution in [0.2, 0.25) is 0 Å². The SMILES string of the molecule is CN(C)c1ccc(C(CNC(=O)c2ccccc2F)N2CCc3ccccc32)cc1. The van der Waals surface area contributed by atoms with E-state index in [0.717, 1.165) is 24.2 Å². The second-order valence-electron chi connectivity index (χ2n) is 7.76. The minimum atomic E-state index is -0.506. The molecule has 0 aliphatic carbocycles. The number of nitrogens with one attached hydrogen (secondary N) is 1. The Morgan fingerprint density at radius 1 is 1.03 bits per heavy atom. The quantitative estimate of drug-likeness (QED) is 0.662. The molecule has 0 saturated heterocycles. The topological polar surface area (TPSA) is 35.6 Å². The fraction of sp³-hybridized carbons (Fsp3) is 0.240. The van der Waals surface area contributed by atoms with Crippen LogP contribution < -0.4 is 15.1 Å². The van der Waals surface area contributed by atoms with Crippen molar-refractivity contribution in [2.75, 3.05) is 37.0 Å². The Bertz CT molecular complexity index is 1030. The van der Waals surface area contributed by atoms with Gasteiger partial charge in [0.25, 0.3) is 5.91 Å². The molecule has 1 heterocycles. The van der Waals surface area contributed by atoms with Crippen molar-refractivity contribution in [1.82, 2.24) is 5.32 Å². The van der Waals surface area contributed by atoms with E-state index in [1.165, 1.54) is 23.4 Å². The van der Waals surface area contributed by atoms with Crippen LogP contribution in [0.15, 0.2) is 72.8 Å². The molecule has 1 N–H and O–H groups in total. The number of halogens is 1. The number of rotatable bonds is 6. The highest BCUT2D eigenvalue weighted by atomic mass is 19.1. The Morgan fingerprint density at radius 3 is 2.47 bits per heavy atom. The van der Waals surface area contributed by atoms with Gasteiger partial charge in [0.15, 0.2) is 0 Å². The minimum Gasteiger partial charge on any atom is -0.378 e. The van der Waals surface area contributed by atoms with E-state index in [1.807, 2.05) is 20.2 Å². The third-order valence-corrected chi connectivity index (χ3v) is 5.67. The number of hydrogen-bond donors (Lipinski definition) is 1. The molecule has 154 valence electrons. The number of carbonyl (C=O) groups is 1. The molecule has 0 radical (unpaired) electrons. The molecule has 4 nitrogen and oxygen atoms in total. The number of nitrogens with zero attached hydrogens (tertiary/aromatic N) is 2. The maximum absolute atomic E-state index is 14.0. The summed E-state index contributed by atoms with van der Waals surface area (Å²) >= 11 is 0. The maximum atomic E-state index is 14.0. The molecule has 0 saturated carbocycles. The van der Waals surface area contributed by atoms with Crippen molar-refractivity contribution < 1.29 is 9.18 Å². The molecule has 3 aromatic carbocycles. The summed E-state index contributed by atoms with van der Waals surface area (Å²) in [6, 6.07) is 22.8. The highest BCUT2D eigenvalue weighted by Crippen LogP contribution is 2.35. The second-order valence-corrected chi connectivity index (χ2v) is 7.76. The fourth-order valence-electron chi connectivity index (χ4n) is 4.02. The third kappa shape index (κ3) is 4.01. The number of benzene rings is 3. The lowest BCUT2D eigenvalue weighted by Gasteiger charge is -2.31. The van der Waals surface area contributed by atoms with Gasteiger partial charge in [0.05, 0.1) is 11.6 Å². The number of hydrogen-bond acceptors (Lipinski definition) is 3. The summed E-state index contributed by atoms with van der Waals surface area (Å²) < 4.78 is 14.0. The normalized spacial score (nSPS) is 13.6. The van der Waals surface area contributed by atoms with Crippen LogP contribution in [0.3, 0.4) is 0 Å². The first-order valence-electron chi connectivity index (χ1n) is 10.2. The van der Waals surface area contributed by atoms with Gasteiger partial charge in [-0.15, -0.1) is 0 Å². The first-order valence-corrected chi connectivity index (χ1v) is 10.2. The van der Waals surface area contributed by atoms with Gasteiger partial charge in [-0.2, -0.15) is 0 Å². The Morgan fingerprint density at radius 2 is 1.73 bits per heavy atom. The predicted molar refractivity (Wildman–Crippen MR) is 120 cm³/mol. The van der Waals surface area contributed by atoms with Gasteiger partial charge in [-0.3, -0.25) is 4.79 Å². The lowest BCUT2D eigenvalue weighted by molar-refractivity contribution is 0.0947. The Labute approximate surface area is 176 Å². The molecule has 1 atom stereocenters. The van der Waals surface area contributed by atoms with E-state index in [1.54, 1.807) is 12.1 Å². The van der Waals surface area contributed by atoms with E-state index in [-0.39, 0.29) is 11.6 Å². The third-order valence-electron chi connectivity index (χ3n) is 5.67. The lowest BCUT2D eigenvalue weighted by Crippen LogP contribution is -2.37. The standard InChI is InChI=1S/C25H26FN3O/c1-28(2)20-13-11-19(12-14-20)24(29-16-15-18-7-3-6-10-23(18)29)17-27-25(30)21-8-4-5-9-22(21)26/h3-14,24H,15-17H2,1-2H3,(H,27,30). The number of para-hydroxylation sites is 1. The smallest absolute Gasteiger partial charge is 0.254 e. The molecule has 0 bridgehead atoms.